The fourth-order valence-electron chi connectivity index (χ4n) is 3.10. The van der Waals surface area contributed by atoms with Crippen molar-refractivity contribution in [2.75, 3.05) is 33.9 Å². The lowest BCUT2D eigenvalue weighted by molar-refractivity contribution is 0.0732. The number of nitrogens with one attached hydrogen (secondary N) is 2. The van der Waals surface area contributed by atoms with E-state index in [4.69, 9.17) is 4.74 Å². The summed E-state index contributed by atoms with van der Waals surface area (Å²) in [6.07, 6.45) is 9.78. The first-order chi connectivity index (χ1) is 11.2. The van der Waals surface area contributed by atoms with Gasteiger partial charge in [-0.1, -0.05) is 6.42 Å². The van der Waals surface area contributed by atoms with Gasteiger partial charge in [0.15, 0.2) is 5.96 Å². The van der Waals surface area contributed by atoms with E-state index in [-0.39, 0.29) is 24.0 Å². The van der Waals surface area contributed by atoms with E-state index < -0.39 is 0 Å². The lowest BCUT2D eigenvalue weighted by Crippen LogP contribution is -2.47. The molecule has 0 aromatic carbocycles. The summed E-state index contributed by atoms with van der Waals surface area (Å²) in [6, 6.07) is 2.08. The third-order valence-electron chi connectivity index (χ3n) is 4.93. The number of aryl methyl sites for hydroxylation is 1. The normalized spacial score (nSPS) is 16.0. The van der Waals surface area contributed by atoms with Crippen molar-refractivity contribution in [3.8, 4) is 0 Å². The lowest BCUT2D eigenvalue weighted by atomic mass is 9.67. The largest absolute Gasteiger partial charge is 0.385 e. The zero-order chi connectivity index (χ0) is 16.5. The maximum absolute atomic E-state index is 5.25. The molecule has 1 heterocycles. The third-order valence-corrected chi connectivity index (χ3v) is 4.93. The summed E-state index contributed by atoms with van der Waals surface area (Å²) in [5, 5.41) is 6.90. The van der Waals surface area contributed by atoms with Crippen LogP contribution in [0.5, 0.6) is 0 Å². The molecule has 0 atom stereocenters. The van der Waals surface area contributed by atoms with Crippen LogP contribution in [0.4, 0.5) is 0 Å². The number of rotatable bonds is 8. The Morgan fingerprint density at radius 3 is 2.75 bits per heavy atom. The molecule has 2 rings (SSSR count). The highest BCUT2D eigenvalue weighted by Crippen LogP contribution is 2.43. The first-order valence-corrected chi connectivity index (χ1v) is 8.52. The monoisotopic (exact) mass is 446 g/mol. The highest BCUT2D eigenvalue weighted by molar-refractivity contribution is 14.0. The molecular formula is C18H31IN4O. The van der Waals surface area contributed by atoms with Gasteiger partial charge in [0.2, 0.25) is 0 Å². The van der Waals surface area contributed by atoms with Gasteiger partial charge in [-0.2, -0.15) is 0 Å². The van der Waals surface area contributed by atoms with Crippen LogP contribution in [0.2, 0.25) is 0 Å². The molecule has 1 aliphatic rings. The molecule has 0 saturated heterocycles. The van der Waals surface area contributed by atoms with Gasteiger partial charge in [0.05, 0.1) is 0 Å². The fraction of sp³-hybridized carbons (Fsp3) is 0.667. The minimum Gasteiger partial charge on any atom is -0.385 e. The van der Waals surface area contributed by atoms with Crippen LogP contribution in [0.1, 0.15) is 36.8 Å². The van der Waals surface area contributed by atoms with Crippen LogP contribution in [-0.4, -0.2) is 44.8 Å². The van der Waals surface area contributed by atoms with E-state index in [9.17, 15) is 0 Å². The zero-order valence-corrected chi connectivity index (χ0v) is 17.4. The second-order valence-corrected chi connectivity index (χ2v) is 6.50. The van der Waals surface area contributed by atoms with Crippen LogP contribution in [0.3, 0.4) is 0 Å². The van der Waals surface area contributed by atoms with Gasteiger partial charge in [0, 0.05) is 46.2 Å². The maximum atomic E-state index is 5.25. The number of guanidine groups is 1. The number of methoxy groups -OCH3 is 1. The molecule has 1 aromatic heterocycles. The lowest BCUT2D eigenvalue weighted by Gasteiger charge is -2.42. The molecule has 1 fully saturated rings. The number of hydrogen-bond acceptors (Lipinski definition) is 3. The van der Waals surface area contributed by atoms with Crippen molar-refractivity contribution >= 4 is 29.9 Å². The summed E-state index contributed by atoms with van der Waals surface area (Å²) in [7, 11) is 3.61. The summed E-state index contributed by atoms with van der Waals surface area (Å²) in [4.78, 5) is 8.47. The molecule has 6 heteroatoms. The Kier molecular flexibility index (Phi) is 9.58. The molecule has 1 aromatic rings. The minimum atomic E-state index is 0. The van der Waals surface area contributed by atoms with Crippen molar-refractivity contribution in [3.63, 3.8) is 0 Å². The van der Waals surface area contributed by atoms with Crippen LogP contribution < -0.4 is 10.6 Å². The average Bonchev–Trinajstić information content (AvgIpc) is 2.53. The first-order valence-electron chi connectivity index (χ1n) is 8.52. The van der Waals surface area contributed by atoms with Gasteiger partial charge >= 0.3 is 0 Å². The average molecular weight is 446 g/mol. The third kappa shape index (κ3) is 6.20. The predicted octanol–water partition coefficient (Wildman–Crippen LogP) is 2.92. The van der Waals surface area contributed by atoms with E-state index in [1.807, 2.05) is 19.4 Å². The second kappa shape index (κ2) is 10.9. The summed E-state index contributed by atoms with van der Waals surface area (Å²) < 4.78 is 5.25. The minimum absolute atomic E-state index is 0. The number of nitrogens with zero attached hydrogens (tertiary/aromatic N) is 2. The van der Waals surface area contributed by atoms with E-state index in [1.54, 1.807) is 7.11 Å². The van der Waals surface area contributed by atoms with Gasteiger partial charge < -0.3 is 15.4 Å². The number of aromatic nitrogens is 1. The van der Waals surface area contributed by atoms with Crippen molar-refractivity contribution < 1.29 is 4.74 Å². The van der Waals surface area contributed by atoms with Crippen LogP contribution in [0.15, 0.2) is 23.5 Å². The van der Waals surface area contributed by atoms with Crippen molar-refractivity contribution in [2.24, 2.45) is 10.4 Å². The van der Waals surface area contributed by atoms with Gasteiger partial charge in [-0.15, -0.1) is 24.0 Å². The molecule has 5 nitrogen and oxygen atoms in total. The van der Waals surface area contributed by atoms with Crippen molar-refractivity contribution in [3.05, 3.63) is 29.6 Å². The molecule has 24 heavy (non-hydrogen) atoms. The summed E-state index contributed by atoms with van der Waals surface area (Å²) >= 11 is 0. The highest BCUT2D eigenvalue weighted by atomic mass is 127. The summed E-state index contributed by atoms with van der Waals surface area (Å²) in [5.41, 5.74) is 2.97. The van der Waals surface area contributed by atoms with E-state index in [2.05, 4.69) is 33.6 Å². The molecule has 0 unspecified atom stereocenters. The van der Waals surface area contributed by atoms with Gasteiger partial charge in [-0.3, -0.25) is 9.98 Å². The van der Waals surface area contributed by atoms with E-state index in [1.165, 1.54) is 30.4 Å². The Balaban J connectivity index is 0.00000288. The molecule has 136 valence electrons. The molecule has 0 amide bonds. The Bertz CT molecular complexity index is 517. The predicted molar refractivity (Wildman–Crippen MR) is 110 cm³/mol. The first kappa shape index (κ1) is 21.2. The Hall–Kier alpha value is -0.890. The molecule has 0 spiro atoms. The number of ether oxygens (including phenoxy) is 1. The SMILES string of the molecule is CN=C(NCCc1ccncc1C)NCC1(CCOC)CCC1.I. The molecule has 0 bridgehead atoms. The number of hydrogen-bond donors (Lipinski definition) is 2. The molecule has 1 aliphatic carbocycles. The molecule has 0 radical (unpaired) electrons. The van der Waals surface area contributed by atoms with Crippen molar-refractivity contribution in [2.45, 2.75) is 39.0 Å². The topological polar surface area (TPSA) is 58.5 Å². The maximum Gasteiger partial charge on any atom is 0.191 e. The highest BCUT2D eigenvalue weighted by Gasteiger charge is 2.36. The summed E-state index contributed by atoms with van der Waals surface area (Å²) in [5.74, 6) is 0.889. The van der Waals surface area contributed by atoms with E-state index >= 15 is 0 Å². The van der Waals surface area contributed by atoms with E-state index in [0.717, 1.165) is 38.5 Å². The second-order valence-electron chi connectivity index (χ2n) is 6.50. The smallest absolute Gasteiger partial charge is 0.191 e. The fourth-order valence-corrected chi connectivity index (χ4v) is 3.10. The molecule has 1 saturated carbocycles. The summed E-state index contributed by atoms with van der Waals surface area (Å²) in [6.45, 7) is 4.79. The number of halogens is 1. The number of pyridine rings is 1. The van der Waals surface area contributed by atoms with Crippen LogP contribution >= 0.6 is 24.0 Å². The zero-order valence-electron chi connectivity index (χ0n) is 15.1. The van der Waals surface area contributed by atoms with Gasteiger partial charge in [0.1, 0.15) is 0 Å². The van der Waals surface area contributed by atoms with E-state index in [0.29, 0.717) is 5.41 Å². The van der Waals surface area contributed by atoms with Crippen molar-refractivity contribution in [1.29, 1.82) is 0 Å². The van der Waals surface area contributed by atoms with Gasteiger partial charge in [-0.05, 0) is 55.2 Å². The molecule has 2 N–H and O–H groups in total. The van der Waals surface area contributed by atoms with Crippen molar-refractivity contribution in [1.82, 2.24) is 15.6 Å². The Morgan fingerprint density at radius 2 is 2.17 bits per heavy atom. The Labute approximate surface area is 163 Å². The standard InChI is InChI=1S/C18H30N4O.HI/c1-15-13-20-10-5-16(15)6-11-21-17(19-2)22-14-18(7-4-8-18)9-12-23-3;/h5,10,13H,4,6-9,11-12,14H2,1-3H3,(H2,19,21,22);1H. The quantitative estimate of drug-likeness (QED) is 0.366. The van der Waals surface area contributed by atoms with Gasteiger partial charge in [-0.25, -0.2) is 0 Å². The van der Waals surface area contributed by atoms with Crippen LogP contribution in [0, 0.1) is 12.3 Å². The van der Waals surface area contributed by atoms with Gasteiger partial charge in [0.25, 0.3) is 0 Å². The van der Waals surface area contributed by atoms with Crippen LogP contribution in [-0.2, 0) is 11.2 Å². The Morgan fingerprint density at radius 1 is 1.38 bits per heavy atom. The van der Waals surface area contributed by atoms with Crippen LogP contribution in [0.25, 0.3) is 0 Å². The molecule has 0 aliphatic heterocycles. The molecular weight excluding hydrogens is 415 g/mol. The number of aliphatic imine (C=N–C) groups is 1.